The highest BCUT2D eigenvalue weighted by Crippen LogP contribution is 2.30. The number of thiocyanates is 1. The maximum atomic E-state index is 12.1. The van der Waals surface area contributed by atoms with Gasteiger partial charge in [0.15, 0.2) is 0 Å². The second-order valence-electron chi connectivity index (χ2n) is 5.67. The molecule has 0 spiro atoms. The molecule has 1 fully saturated rings. The molecular formula is C17H20N2O3S. The topological polar surface area (TPSA) is 79.2 Å². The standard InChI is InChI=1S/C17H20N2O3S/c1-2-12-7-9-13(10-8-12)16(20)19-22-17(21)14-5-3-4-6-15(14)23-11-18/h3-6,12-13H,2,7-10H2,1H3,(H,19,20). The smallest absolute Gasteiger partial charge is 0.335 e. The van der Waals surface area contributed by atoms with Crippen LogP contribution in [0.2, 0.25) is 0 Å². The number of rotatable bonds is 4. The molecule has 0 atom stereocenters. The average Bonchev–Trinajstić information content (AvgIpc) is 2.60. The molecule has 5 nitrogen and oxygen atoms in total. The molecule has 1 aliphatic carbocycles. The third kappa shape index (κ3) is 4.73. The number of nitrogens with one attached hydrogen (secondary N) is 1. The van der Waals surface area contributed by atoms with Crippen molar-refractivity contribution in [3.05, 3.63) is 29.8 Å². The second-order valence-corrected chi connectivity index (χ2v) is 6.50. The van der Waals surface area contributed by atoms with Gasteiger partial charge in [0, 0.05) is 10.8 Å². The Bertz CT molecular complexity index is 604. The van der Waals surface area contributed by atoms with Crippen molar-refractivity contribution in [1.29, 1.82) is 5.26 Å². The van der Waals surface area contributed by atoms with Crippen LogP contribution in [0.1, 0.15) is 49.4 Å². The van der Waals surface area contributed by atoms with Crippen molar-refractivity contribution >= 4 is 23.6 Å². The Balaban J connectivity index is 1.87. The van der Waals surface area contributed by atoms with Gasteiger partial charge in [-0.2, -0.15) is 10.7 Å². The van der Waals surface area contributed by atoms with Crippen LogP contribution in [0.25, 0.3) is 0 Å². The Labute approximate surface area is 140 Å². The molecule has 0 heterocycles. The zero-order chi connectivity index (χ0) is 16.7. The lowest BCUT2D eigenvalue weighted by Gasteiger charge is -2.26. The van der Waals surface area contributed by atoms with Gasteiger partial charge in [-0.25, -0.2) is 4.79 Å². The lowest BCUT2D eigenvalue weighted by atomic mass is 9.80. The SMILES string of the molecule is CCC1CCC(C(=O)NOC(=O)c2ccccc2SC#N)CC1. The van der Waals surface area contributed by atoms with Gasteiger partial charge in [0.05, 0.1) is 5.56 Å². The van der Waals surface area contributed by atoms with Crippen LogP contribution in [0.15, 0.2) is 29.2 Å². The van der Waals surface area contributed by atoms with Crippen molar-refractivity contribution in [2.45, 2.75) is 43.9 Å². The highest BCUT2D eigenvalue weighted by Gasteiger charge is 2.26. The van der Waals surface area contributed by atoms with Crippen molar-refractivity contribution in [3.8, 4) is 5.40 Å². The molecule has 0 bridgehead atoms. The Morgan fingerprint density at radius 2 is 2.00 bits per heavy atom. The van der Waals surface area contributed by atoms with E-state index in [4.69, 9.17) is 10.1 Å². The number of carbonyl (C=O) groups is 2. The summed E-state index contributed by atoms with van der Waals surface area (Å²) in [5, 5.41) is 10.7. The minimum absolute atomic E-state index is 0.0886. The zero-order valence-electron chi connectivity index (χ0n) is 13.1. The summed E-state index contributed by atoms with van der Waals surface area (Å²) in [7, 11) is 0. The van der Waals surface area contributed by atoms with Crippen LogP contribution in [0, 0.1) is 22.5 Å². The maximum absolute atomic E-state index is 12.1. The Hall–Kier alpha value is -2.00. The van der Waals surface area contributed by atoms with Gasteiger partial charge >= 0.3 is 5.97 Å². The van der Waals surface area contributed by atoms with Gasteiger partial charge in [0.2, 0.25) is 0 Å². The zero-order valence-corrected chi connectivity index (χ0v) is 13.9. The summed E-state index contributed by atoms with van der Waals surface area (Å²) in [6.45, 7) is 2.17. The fourth-order valence-corrected chi connectivity index (χ4v) is 3.35. The van der Waals surface area contributed by atoms with Gasteiger partial charge in [0.1, 0.15) is 5.40 Å². The van der Waals surface area contributed by atoms with Gasteiger partial charge in [-0.05, 0) is 55.5 Å². The summed E-state index contributed by atoms with van der Waals surface area (Å²) >= 11 is 0.887. The summed E-state index contributed by atoms with van der Waals surface area (Å²) in [4.78, 5) is 29.6. The normalized spacial score (nSPS) is 20.3. The van der Waals surface area contributed by atoms with E-state index in [9.17, 15) is 9.59 Å². The van der Waals surface area contributed by atoms with Gasteiger partial charge in [-0.15, -0.1) is 0 Å². The fraction of sp³-hybridized carbons (Fsp3) is 0.471. The highest BCUT2D eigenvalue weighted by atomic mass is 32.2. The van der Waals surface area contributed by atoms with Crippen LogP contribution in [0.3, 0.4) is 0 Å². The van der Waals surface area contributed by atoms with Gasteiger partial charge in [-0.1, -0.05) is 25.5 Å². The molecule has 1 saturated carbocycles. The number of carbonyl (C=O) groups excluding carboxylic acids is 2. The Kier molecular flexibility index (Phi) is 6.48. The molecule has 0 aliphatic heterocycles. The van der Waals surface area contributed by atoms with E-state index in [2.05, 4.69) is 12.4 Å². The molecule has 23 heavy (non-hydrogen) atoms. The van der Waals surface area contributed by atoms with Crippen molar-refractivity contribution in [2.75, 3.05) is 0 Å². The lowest BCUT2D eigenvalue weighted by molar-refractivity contribution is -0.135. The average molecular weight is 332 g/mol. The molecule has 1 amide bonds. The van der Waals surface area contributed by atoms with Crippen LogP contribution in [-0.4, -0.2) is 11.9 Å². The molecule has 2 rings (SSSR count). The molecule has 1 aromatic carbocycles. The first-order valence-corrected chi connectivity index (χ1v) is 8.63. The summed E-state index contributed by atoms with van der Waals surface area (Å²) < 4.78 is 0. The maximum Gasteiger partial charge on any atom is 0.364 e. The fourth-order valence-electron chi connectivity index (χ4n) is 2.84. The number of nitrogens with zero attached hydrogens (tertiary/aromatic N) is 1. The van der Waals surface area contributed by atoms with Crippen molar-refractivity contribution in [1.82, 2.24) is 5.48 Å². The van der Waals surface area contributed by atoms with Crippen LogP contribution < -0.4 is 5.48 Å². The third-order valence-electron chi connectivity index (χ3n) is 4.30. The highest BCUT2D eigenvalue weighted by molar-refractivity contribution is 8.03. The number of benzene rings is 1. The van der Waals surface area contributed by atoms with Gasteiger partial charge in [0.25, 0.3) is 5.91 Å². The Morgan fingerprint density at radius 1 is 1.30 bits per heavy atom. The number of hydrogen-bond acceptors (Lipinski definition) is 5. The van der Waals surface area contributed by atoms with Crippen molar-refractivity contribution < 1.29 is 14.4 Å². The van der Waals surface area contributed by atoms with Crippen LogP contribution in [-0.2, 0) is 9.63 Å². The lowest BCUT2D eigenvalue weighted by Crippen LogP contribution is -2.34. The largest absolute Gasteiger partial charge is 0.364 e. The molecule has 6 heteroatoms. The van der Waals surface area contributed by atoms with E-state index >= 15 is 0 Å². The number of thioether (sulfide) groups is 1. The molecule has 0 saturated heterocycles. The van der Waals surface area contributed by atoms with E-state index in [0.29, 0.717) is 10.8 Å². The minimum Gasteiger partial charge on any atom is -0.335 e. The Morgan fingerprint density at radius 3 is 2.65 bits per heavy atom. The van der Waals surface area contributed by atoms with Gasteiger partial charge < -0.3 is 4.84 Å². The predicted molar refractivity (Wildman–Crippen MR) is 87.2 cm³/mol. The van der Waals surface area contributed by atoms with E-state index < -0.39 is 5.97 Å². The van der Waals surface area contributed by atoms with Gasteiger partial charge in [-0.3, -0.25) is 4.79 Å². The molecule has 1 aliphatic rings. The summed E-state index contributed by atoms with van der Waals surface area (Å²) in [5.41, 5.74) is 2.54. The van der Waals surface area contributed by atoms with Crippen molar-refractivity contribution in [3.63, 3.8) is 0 Å². The molecule has 0 aromatic heterocycles. The number of nitriles is 1. The molecule has 0 unspecified atom stereocenters. The van der Waals surface area contributed by atoms with E-state index in [0.717, 1.165) is 43.9 Å². The van der Waals surface area contributed by atoms with Crippen molar-refractivity contribution in [2.24, 2.45) is 11.8 Å². The second kappa shape index (κ2) is 8.59. The quantitative estimate of drug-likeness (QED) is 0.517. The van der Waals surface area contributed by atoms with Crippen LogP contribution >= 0.6 is 11.8 Å². The molecular weight excluding hydrogens is 312 g/mol. The van der Waals surface area contributed by atoms with E-state index in [-0.39, 0.29) is 17.4 Å². The first-order chi connectivity index (χ1) is 11.2. The van der Waals surface area contributed by atoms with E-state index in [1.54, 1.807) is 24.3 Å². The number of hydroxylamine groups is 1. The molecule has 1 N–H and O–H groups in total. The summed E-state index contributed by atoms with van der Waals surface area (Å²) in [6.07, 6.45) is 4.91. The number of amides is 1. The summed E-state index contributed by atoms with van der Waals surface area (Å²) in [5.74, 6) is -0.275. The van der Waals surface area contributed by atoms with Crippen LogP contribution in [0.5, 0.6) is 0 Å². The molecule has 1 aromatic rings. The first-order valence-electron chi connectivity index (χ1n) is 7.81. The van der Waals surface area contributed by atoms with E-state index in [1.165, 1.54) is 0 Å². The van der Waals surface area contributed by atoms with Crippen LogP contribution in [0.4, 0.5) is 0 Å². The summed E-state index contributed by atoms with van der Waals surface area (Å²) in [6, 6.07) is 6.66. The molecule has 0 radical (unpaired) electrons. The van der Waals surface area contributed by atoms with E-state index in [1.807, 2.05) is 5.40 Å². The predicted octanol–water partition coefficient (Wildman–Crippen LogP) is 3.66. The monoisotopic (exact) mass is 332 g/mol. The minimum atomic E-state index is -0.654. The first kappa shape index (κ1) is 17.4. The number of hydrogen-bond donors (Lipinski definition) is 1. The third-order valence-corrected chi connectivity index (χ3v) is 4.97. The molecule has 122 valence electrons.